The number of amides is 1. The molecular formula is C17H18ClNO4. The average Bonchev–Trinajstić information content (AvgIpc) is 2.55. The van der Waals surface area contributed by atoms with Gasteiger partial charge in [0.05, 0.1) is 25.8 Å². The van der Waals surface area contributed by atoms with Crippen LogP contribution in [0.15, 0.2) is 36.4 Å². The molecule has 6 heteroatoms. The molecule has 0 fully saturated rings. The van der Waals surface area contributed by atoms with Crippen LogP contribution in [0.1, 0.15) is 15.9 Å². The number of carbonyl (C=O) groups is 1. The Morgan fingerprint density at radius 1 is 1.04 bits per heavy atom. The van der Waals surface area contributed by atoms with Crippen LogP contribution >= 0.6 is 11.6 Å². The first-order chi connectivity index (χ1) is 11.1. The summed E-state index contributed by atoms with van der Waals surface area (Å²) in [5.41, 5.74) is 1.89. The molecule has 2 aromatic rings. The highest BCUT2D eigenvalue weighted by Crippen LogP contribution is 2.28. The summed E-state index contributed by atoms with van der Waals surface area (Å²) in [4.78, 5) is 12.4. The van der Waals surface area contributed by atoms with Gasteiger partial charge in [0.25, 0.3) is 5.91 Å². The van der Waals surface area contributed by atoms with Gasteiger partial charge in [0.2, 0.25) is 0 Å². The van der Waals surface area contributed by atoms with E-state index in [-0.39, 0.29) is 5.91 Å². The van der Waals surface area contributed by atoms with Crippen LogP contribution in [0.3, 0.4) is 0 Å². The van der Waals surface area contributed by atoms with Gasteiger partial charge in [-0.2, -0.15) is 0 Å². The van der Waals surface area contributed by atoms with Gasteiger partial charge in [0.15, 0.2) is 0 Å². The molecule has 0 aliphatic carbocycles. The lowest BCUT2D eigenvalue weighted by Gasteiger charge is -2.11. The lowest BCUT2D eigenvalue weighted by Crippen LogP contribution is -2.12. The molecule has 0 saturated heterocycles. The maximum atomic E-state index is 12.4. The van der Waals surface area contributed by atoms with Crippen molar-refractivity contribution in [3.05, 3.63) is 52.5 Å². The van der Waals surface area contributed by atoms with Crippen molar-refractivity contribution in [2.45, 2.75) is 6.61 Å². The topological polar surface area (TPSA) is 56.8 Å². The fourth-order valence-electron chi connectivity index (χ4n) is 2.14. The third-order valence-electron chi connectivity index (χ3n) is 3.25. The van der Waals surface area contributed by atoms with Crippen LogP contribution in [0, 0.1) is 0 Å². The predicted molar refractivity (Wildman–Crippen MR) is 89.7 cm³/mol. The number of rotatable bonds is 6. The third-order valence-corrected chi connectivity index (χ3v) is 3.55. The van der Waals surface area contributed by atoms with E-state index in [0.29, 0.717) is 34.4 Å². The smallest absolute Gasteiger partial charge is 0.255 e. The van der Waals surface area contributed by atoms with E-state index in [0.717, 1.165) is 5.56 Å². The van der Waals surface area contributed by atoms with Crippen LogP contribution in [0.25, 0.3) is 0 Å². The summed E-state index contributed by atoms with van der Waals surface area (Å²) < 4.78 is 15.5. The number of halogens is 1. The Bertz CT molecular complexity index is 703. The monoisotopic (exact) mass is 335 g/mol. The van der Waals surface area contributed by atoms with Crippen LogP contribution < -0.4 is 14.8 Å². The summed E-state index contributed by atoms with van der Waals surface area (Å²) in [6.07, 6.45) is 0. The molecule has 23 heavy (non-hydrogen) atoms. The second kappa shape index (κ2) is 7.85. The van der Waals surface area contributed by atoms with Gasteiger partial charge in [-0.25, -0.2) is 0 Å². The highest BCUT2D eigenvalue weighted by atomic mass is 35.5. The molecule has 0 radical (unpaired) electrons. The van der Waals surface area contributed by atoms with Crippen molar-refractivity contribution in [1.82, 2.24) is 0 Å². The fraction of sp³-hybridized carbons (Fsp3) is 0.235. The maximum Gasteiger partial charge on any atom is 0.255 e. The van der Waals surface area contributed by atoms with Crippen LogP contribution in [0.4, 0.5) is 5.69 Å². The van der Waals surface area contributed by atoms with Crippen molar-refractivity contribution in [2.75, 3.05) is 26.6 Å². The summed E-state index contributed by atoms with van der Waals surface area (Å²) in [6, 6.07) is 10.2. The molecule has 0 aromatic heterocycles. The van der Waals surface area contributed by atoms with Gasteiger partial charge in [-0.15, -0.1) is 0 Å². The Morgan fingerprint density at radius 3 is 2.35 bits per heavy atom. The van der Waals surface area contributed by atoms with Crippen molar-refractivity contribution in [3.63, 3.8) is 0 Å². The molecule has 2 aromatic carbocycles. The minimum absolute atomic E-state index is 0.244. The van der Waals surface area contributed by atoms with Crippen LogP contribution in [-0.4, -0.2) is 27.2 Å². The normalized spacial score (nSPS) is 10.3. The number of methoxy groups -OCH3 is 3. The number of nitrogens with one attached hydrogen (secondary N) is 1. The Morgan fingerprint density at radius 2 is 1.74 bits per heavy atom. The molecule has 0 spiro atoms. The quantitative estimate of drug-likeness (QED) is 0.873. The first-order valence-electron chi connectivity index (χ1n) is 6.89. The summed E-state index contributed by atoms with van der Waals surface area (Å²) in [7, 11) is 4.70. The summed E-state index contributed by atoms with van der Waals surface area (Å²) in [5, 5.41) is 3.23. The standard InChI is InChI=1S/C17H18ClNO4/c1-21-10-12-8-11(4-6-15(12)22-2)17(20)19-13-5-7-16(23-3)14(18)9-13/h4-9H,10H2,1-3H3,(H,19,20). The second-order valence-corrected chi connectivity index (χ2v) is 5.17. The summed E-state index contributed by atoms with van der Waals surface area (Å²) in [6.45, 7) is 0.360. The molecule has 5 nitrogen and oxygen atoms in total. The Balaban J connectivity index is 2.20. The first kappa shape index (κ1) is 17.1. The molecule has 2 rings (SSSR count). The van der Waals surface area contributed by atoms with Gasteiger partial charge in [-0.1, -0.05) is 11.6 Å². The summed E-state index contributed by atoms with van der Waals surface area (Å²) >= 11 is 6.06. The van der Waals surface area contributed by atoms with E-state index < -0.39 is 0 Å². The zero-order valence-corrected chi connectivity index (χ0v) is 13.9. The van der Waals surface area contributed by atoms with Crippen LogP contribution in [-0.2, 0) is 11.3 Å². The first-order valence-corrected chi connectivity index (χ1v) is 7.27. The van der Waals surface area contributed by atoms with E-state index in [1.807, 2.05) is 0 Å². The number of hydrogen-bond acceptors (Lipinski definition) is 4. The fourth-order valence-corrected chi connectivity index (χ4v) is 2.39. The maximum absolute atomic E-state index is 12.4. The highest BCUT2D eigenvalue weighted by molar-refractivity contribution is 6.32. The SMILES string of the molecule is COCc1cc(C(=O)Nc2ccc(OC)c(Cl)c2)ccc1OC. The predicted octanol–water partition coefficient (Wildman–Crippen LogP) is 3.76. The average molecular weight is 336 g/mol. The molecule has 0 aliphatic rings. The van der Waals surface area contributed by atoms with Gasteiger partial charge in [0.1, 0.15) is 11.5 Å². The van der Waals surface area contributed by atoms with E-state index >= 15 is 0 Å². The number of anilines is 1. The van der Waals surface area contributed by atoms with Gasteiger partial charge in [-0.05, 0) is 36.4 Å². The number of benzene rings is 2. The Hall–Kier alpha value is -2.24. The molecule has 0 aliphatic heterocycles. The Labute approximate surface area is 140 Å². The van der Waals surface area contributed by atoms with Crippen molar-refractivity contribution >= 4 is 23.2 Å². The molecule has 1 N–H and O–H groups in total. The van der Waals surface area contributed by atoms with E-state index in [9.17, 15) is 4.79 Å². The number of carbonyl (C=O) groups excluding carboxylic acids is 1. The van der Waals surface area contributed by atoms with Crippen molar-refractivity contribution in [3.8, 4) is 11.5 Å². The van der Waals surface area contributed by atoms with E-state index in [1.54, 1.807) is 50.6 Å². The van der Waals surface area contributed by atoms with Crippen LogP contribution in [0.2, 0.25) is 5.02 Å². The minimum atomic E-state index is -0.244. The molecule has 0 unspecified atom stereocenters. The van der Waals surface area contributed by atoms with E-state index in [1.165, 1.54) is 7.11 Å². The Kier molecular flexibility index (Phi) is 5.84. The van der Waals surface area contributed by atoms with Gasteiger partial charge in [-0.3, -0.25) is 4.79 Å². The van der Waals surface area contributed by atoms with E-state index in [4.69, 9.17) is 25.8 Å². The van der Waals surface area contributed by atoms with Crippen molar-refractivity contribution in [1.29, 1.82) is 0 Å². The molecule has 0 heterocycles. The van der Waals surface area contributed by atoms with Crippen molar-refractivity contribution < 1.29 is 19.0 Å². The lowest BCUT2D eigenvalue weighted by atomic mass is 10.1. The molecule has 0 saturated carbocycles. The molecule has 122 valence electrons. The van der Waals surface area contributed by atoms with E-state index in [2.05, 4.69) is 5.32 Å². The zero-order valence-electron chi connectivity index (χ0n) is 13.2. The van der Waals surface area contributed by atoms with Gasteiger partial charge < -0.3 is 19.5 Å². The van der Waals surface area contributed by atoms with Crippen LogP contribution in [0.5, 0.6) is 11.5 Å². The highest BCUT2D eigenvalue weighted by Gasteiger charge is 2.11. The van der Waals surface area contributed by atoms with Gasteiger partial charge >= 0.3 is 0 Å². The summed E-state index contributed by atoms with van der Waals surface area (Å²) in [5.74, 6) is 0.985. The minimum Gasteiger partial charge on any atom is -0.496 e. The third kappa shape index (κ3) is 4.15. The van der Waals surface area contributed by atoms with Gasteiger partial charge in [0, 0.05) is 23.9 Å². The zero-order chi connectivity index (χ0) is 16.8. The molecule has 1 amide bonds. The second-order valence-electron chi connectivity index (χ2n) is 4.76. The largest absolute Gasteiger partial charge is 0.496 e. The lowest BCUT2D eigenvalue weighted by molar-refractivity contribution is 0.102. The number of ether oxygens (including phenoxy) is 3. The van der Waals surface area contributed by atoms with Crippen molar-refractivity contribution in [2.24, 2.45) is 0 Å². The number of hydrogen-bond donors (Lipinski definition) is 1. The molecule has 0 atom stereocenters. The molecule has 0 bridgehead atoms. The molecular weight excluding hydrogens is 318 g/mol.